The van der Waals surface area contributed by atoms with Gasteiger partial charge in [0.05, 0.1) is 29.6 Å². The van der Waals surface area contributed by atoms with Crippen molar-refractivity contribution in [3.05, 3.63) is 89.6 Å². The number of carbonyl (C=O) groups excluding carboxylic acids is 1. The summed E-state index contributed by atoms with van der Waals surface area (Å²) >= 11 is 1.38. The van der Waals surface area contributed by atoms with Crippen LogP contribution in [0, 0.1) is 6.92 Å². The van der Waals surface area contributed by atoms with Crippen molar-refractivity contribution < 1.29 is 9.53 Å². The van der Waals surface area contributed by atoms with Crippen LogP contribution in [0.4, 0.5) is 5.13 Å². The number of ether oxygens (including phenoxy) is 1. The number of amides is 1. The second-order valence-electron chi connectivity index (χ2n) is 7.50. The van der Waals surface area contributed by atoms with E-state index in [2.05, 4.69) is 15.3 Å². The van der Waals surface area contributed by atoms with E-state index >= 15 is 0 Å². The molecule has 3 aromatic heterocycles. The van der Waals surface area contributed by atoms with Gasteiger partial charge in [-0.25, -0.2) is 9.97 Å². The summed E-state index contributed by atoms with van der Waals surface area (Å²) in [7, 11) is 1.64. The van der Waals surface area contributed by atoms with Gasteiger partial charge in [-0.3, -0.25) is 15.1 Å². The molecule has 2 aromatic carbocycles. The van der Waals surface area contributed by atoms with Crippen molar-refractivity contribution in [2.75, 3.05) is 12.4 Å². The Bertz CT molecular complexity index is 1460. The number of aryl methyl sites for hydroxylation is 1. The molecule has 5 rings (SSSR count). The van der Waals surface area contributed by atoms with Crippen LogP contribution >= 0.6 is 11.3 Å². The molecule has 6 nitrogen and oxygen atoms in total. The zero-order chi connectivity index (χ0) is 22.8. The number of pyridine rings is 2. The van der Waals surface area contributed by atoms with Crippen molar-refractivity contribution in [3.8, 4) is 28.3 Å². The van der Waals surface area contributed by atoms with Gasteiger partial charge in [0.25, 0.3) is 5.91 Å². The van der Waals surface area contributed by atoms with Gasteiger partial charge in [-0.15, -0.1) is 11.3 Å². The number of thiazole rings is 1. The number of carbonyl (C=O) groups is 1. The Balaban J connectivity index is 1.50. The number of anilines is 1. The molecule has 0 spiro atoms. The third kappa shape index (κ3) is 4.18. The molecule has 0 aliphatic carbocycles. The van der Waals surface area contributed by atoms with E-state index in [-0.39, 0.29) is 5.91 Å². The van der Waals surface area contributed by atoms with Gasteiger partial charge < -0.3 is 4.74 Å². The number of nitrogens with zero attached hydrogens (tertiary/aromatic N) is 3. The van der Waals surface area contributed by atoms with Crippen molar-refractivity contribution in [1.82, 2.24) is 15.0 Å². The molecule has 0 bridgehead atoms. The SMILES string of the molecule is COc1ccc(C)cc1-c1csc(NC(=O)c2cc(-c3ccncc3)nc3ccccc23)n1. The number of rotatable bonds is 5. The maximum Gasteiger partial charge on any atom is 0.258 e. The van der Waals surface area contributed by atoms with Crippen LogP contribution < -0.4 is 10.1 Å². The molecule has 7 heteroatoms. The first-order chi connectivity index (χ1) is 16.1. The molecular formula is C26H20N4O2S. The first-order valence-corrected chi connectivity index (χ1v) is 11.2. The lowest BCUT2D eigenvalue weighted by Crippen LogP contribution is -2.13. The average Bonchev–Trinajstić information content (AvgIpc) is 3.32. The maximum atomic E-state index is 13.3. The number of hydrogen-bond donors (Lipinski definition) is 1. The highest BCUT2D eigenvalue weighted by molar-refractivity contribution is 7.14. The number of methoxy groups -OCH3 is 1. The van der Waals surface area contributed by atoms with Crippen LogP contribution in [0.5, 0.6) is 5.75 Å². The summed E-state index contributed by atoms with van der Waals surface area (Å²) in [6, 6.07) is 19.1. The lowest BCUT2D eigenvalue weighted by molar-refractivity contribution is 0.102. The molecule has 0 atom stereocenters. The Morgan fingerprint density at radius 1 is 0.970 bits per heavy atom. The van der Waals surface area contributed by atoms with Gasteiger partial charge in [-0.1, -0.05) is 29.8 Å². The molecular weight excluding hydrogens is 432 g/mol. The molecule has 162 valence electrons. The summed E-state index contributed by atoms with van der Waals surface area (Å²) in [6.07, 6.45) is 3.42. The van der Waals surface area contributed by atoms with Crippen molar-refractivity contribution in [1.29, 1.82) is 0 Å². The van der Waals surface area contributed by atoms with Crippen molar-refractivity contribution in [2.24, 2.45) is 0 Å². The normalized spacial score (nSPS) is 10.8. The Morgan fingerprint density at radius 2 is 1.79 bits per heavy atom. The lowest BCUT2D eigenvalue weighted by atomic mass is 10.0. The van der Waals surface area contributed by atoms with E-state index < -0.39 is 0 Å². The molecule has 3 heterocycles. The first kappa shape index (κ1) is 20.8. The monoisotopic (exact) mass is 452 g/mol. The topological polar surface area (TPSA) is 77.0 Å². The third-order valence-electron chi connectivity index (χ3n) is 5.29. The predicted octanol–water partition coefficient (Wildman–Crippen LogP) is 5.99. The van der Waals surface area contributed by atoms with E-state index in [0.29, 0.717) is 16.4 Å². The minimum Gasteiger partial charge on any atom is -0.496 e. The lowest BCUT2D eigenvalue weighted by Gasteiger charge is -2.10. The largest absolute Gasteiger partial charge is 0.496 e. The van der Waals surface area contributed by atoms with Crippen LogP contribution in [-0.2, 0) is 0 Å². The van der Waals surface area contributed by atoms with Gasteiger partial charge in [0.1, 0.15) is 5.75 Å². The van der Waals surface area contributed by atoms with Gasteiger partial charge in [0.15, 0.2) is 5.13 Å². The Morgan fingerprint density at radius 3 is 2.61 bits per heavy atom. The molecule has 5 aromatic rings. The minimum absolute atomic E-state index is 0.235. The second-order valence-corrected chi connectivity index (χ2v) is 8.36. The fourth-order valence-electron chi connectivity index (χ4n) is 3.68. The fourth-order valence-corrected chi connectivity index (χ4v) is 4.38. The summed E-state index contributed by atoms with van der Waals surface area (Å²) < 4.78 is 5.48. The average molecular weight is 453 g/mol. The van der Waals surface area contributed by atoms with Crippen molar-refractivity contribution >= 4 is 33.3 Å². The summed E-state index contributed by atoms with van der Waals surface area (Å²) in [4.78, 5) is 26.8. The summed E-state index contributed by atoms with van der Waals surface area (Å²) in [5.41, 5.74) is 5.66. The zero-order valence-corrected chi connectivity index (χ0v) is 18.9. The summed E-state index contributed by atoms with van der Waals surface area (Å²) in [6.45, 7) is 2.02. The van der Waals surface area contributed by atoms with Gasteiger partial charge in [-0.2, -0.15) is 0 Å². The number of benzene rings is 2. The minimum atomic E-state index is -0.235. The van der Waals surface area contributed by atoms with Gasteiger partial charge in [0, 0.05) is 34.3 Å². The van der Waals surface area contributed by atoms with Crippen LogP contribution in [0.2, 0.25) is 0 Å². The van der Waals surface area contributed by atoms with Crippen LogP contribution in [0.15, 0.2) is 78.4 Å². The zero-order valence-electron chi connectivity index (χ0n) is 18.1. The molecule has 0 fully saturated rings. The van der Waals surface area contributed by atoms with E-state index in [4.69, 9.17) is 9.72 Å². The molecule has 0 radical (unpaired) electrons. The van der Waals surface area contributed by atoms with Crippen LogP contribution in [-0.4, -0.2) is 28.0 Å². The van der Waals surface area contributed by atoms with E-state index in [1.54, 1.807) is 19.5 Å². The quantitative estimate of drug-likeness (QED) is 0.354. The highest BCUT2D eigenvalue weighted by Gasteiger charge is 2.17. The highest BCUT2D eigenvalue weighted by Crippen LogP contribution is 2.33. The molecule has 0 aliphatic rings. The van der Waals surface area contributed by atoms with Crippen LogP contribution in [0.1, 0.15) is 15.9 Å². The van der Waals surface area contributed by atoms with Gasteiger partial charge in [0.2, 0.25) is 0 Å². The van der Waals surface area contributed by atoms with E-state index in [1.165, 1.54) is 11.3 Å². The van der Waals surface area contributed by atoms with Gasteiger partial charge in [-0.05, 0) is 43.3 Å². The number of para-hydroxylation sites is 1. The maximum absolute atomic E-state index is 13.3. The van der Waals surface area contributed by atoms with Gasteiger partial charge >= 0.3 is 0 Å². The number of aromatic nitrogens is 3. The van der Waals surface area contributed by atoms with Crippen LogP contribution in [0.3, 0.4) is 0 Å². The highest BCUT2D eigenvalue weighted by atomic mass is 32.1. The van der Waals surface area contributed by atoms with Crippen molar-refractivity contribution in [3.63, 3.8) is 0 Å². The molecule has 0 aliphatic heterocycles. The second kappa shape index (κ2) is 8.80. The Kier molecular flexibility index (Phi) is 5.54. The van der Waals surface area contributed by atoms with E-state index in [0.717, 1.165) is 39.0 Å². The van der Waals surface area contributed by atoms with Crippen molar-refractivity contribution in [2.45, 2.75) is 6.92 Å². The molecule has 1 amide bonds. The molecule has 33 heavy (non-hydrogen) atoms. The molecule has 0 unspecified atom stereocenters. The smallest absolute Gasteiger partial charge is 0.258 e. The van der Waals surface area contributed by atoms with E-state index in [1.807, 2.05) is 73.0 Å². The molecule has 1 N–H and O–H groups in total. The number of fused-ring (bicyclic) bond motifs is 1. The van der Waals surface area contributed by atoms with E-state index in [9.17, 15) is 4.79 Å². The third-order valence-corrected chi connectivity index (χ3v) is 6.05. The predicted molar refractivity (Wildman–Crippen MR) is 132 cm³/mol. The molecule has 0 saturated carbocycles. The Labute approximate surface area is 195 Å². The fraction of sp³-hybridized carbons (Fsp3) is 0.0769. The Hall–Kier alpha value is -4.10. The summed E-state index contributed by atoms with van der Waals surface area (Å²) in [5, 5.41) is 6.18. The standard InChI is InChI=1S/C26H20N4O2S/c1-16-7-8-24(32-2)20(13-16)23-15-33-26(29-23)30-25(31)19-14-22(17-9-11-27-12-10-17)28-21-6-4-3-5-18(19)21/h3-15H,1-2H3,(H,29,30,31). The summed E-state index contributed by atoms with van der Waals surface area (Å²) in [5.74, 6) is 0.506. The van der Waals surface area contributed by atoms with Crippen LogP contribution in [0.25, 0.3) is 33.4 Å². The molecule has 0 saturated heterocycles. The number of nitrogens with one attached hydrogen (secondary N) is 1. The number of hydrogen-bond acceptors (Lipinski definition) is 6. The first-order valence-electron chi connectivity index (χ1n) is 10.3.